The van der Waals surface area contributed by atoms with Crippen LogP contribution in [0.2, 0.25) is 0 Å². The molecular weight excluding hydrogens is 266 g/mol. The van der Waals surface area contributed by atoms with Crippen molar-refractivity contribution in [3.05, 3.63) is 18.2 Å². The van der Waals surface area contributed by atoms with Crippen LogP contribution in [0.4, 0.5) is 5.69 Å². The van der Waals surface area contributed by atoms with Gasteiger partial charge >= 0.3 is 5.97 Å². The minimum absolute atomic E-state index is 0. The summed E-state index contributed by atoms with van der Waals surface area (Å²) in [4.78, 5) is 10.8. The van der Waals surface area contributed by atoms with Gasteiger partial charge in [-0.1, -0.05) is 0 Å². The number of carboxylic acid groups (broad SMARTS) is 1. The quantitative estimate of drug-likeness (QED) is 0.730. The molecule has 2 N–H and O–H groups in total. The van der Waals surface area contributed by atoms with Crippen LogP contribution in [0, 0.1) is 0 Å². The summed E-state index contributed by atoms with van der Waals surface area (Å²) in [5, 5.41) is 11.7. The maximum atomic E-state index is 10.8. The molecule has 0 spiro atoms. The van der Waals surface area contributed by atoms with Gasteiger partial charge in [0.25, 0.3) is 0 Å². The number of ether oxygens (including phenoxy) is 2. The van der Waals surface area contributed by atoms with Gasteiger partial charge in [0.1, 0.15) is 6.04 Å². The van der Waals surface area contributed by atoms with E-state index < -0.39 is 12.0 Å². The highest BCUT2D eigenvalue weighted by Gasteiger charge is 2.17. The summed E-state index contributed by atoms with van der Waals surface area (Å²) in [7, 11) is 0. The van der Waals surface area contributed by atoms with Crippen LogP contribution >= 0.6 is 25.0 Å². The highest BCUT2D eigenvalue weighted by atomic mass is 35.5. The molecule has 5 nitrogen and oxygen atoms in total. The number of nitrogens with one attached hydrogen (secondary N) is 1. The standard InChI is InChI=1S/C10H11NO4S.ClH/c12-10(13)7(4-16)11-6-1-2-8-9(3-6)15-5-14-8;/h1-3,7,11,16H,4-5H2,(H,12,13);1H/t7-;/m1./s1. The molecule has 0 aliphatic carbocycles. The van der Waals surface area contributed by atoms with E-state index in [0.29, 0.717) is 17.2 Å². The lowest BCUT2D eigenvalue weighted by atomic mass is 10.2. The average molecular weight is 278 g/mol. The zero-order valence-corrected chi connectivity index (χ0v) is 10.5. The second kappa shape index (κ2) is 5.88. The smallest absolute Gasteiger partial charge is 0.326 e. The summed E-state index contributed by atoms with van der Waals surface area (Å²) in [6.45, 7) is 0.202. The molecule has 1 aliphatic heterocycles. The molecule has 1 heterocycles. The van der Waals surface area contributed by atoms with Gasteiger partial charge in [-0.3, -0.25) is 0 Å². The SMILES string of the molecule is Cl.O=C(O)[C@@H](CS)Nc1ccc2c(c1)OCO2. The van der Waals surface area contributed by atoms with E-state index in [-0.39, 0.29) is 25.0 Å². The topological polar surface area (TPSA) is 67.8 Å². The summed E-state index contributed by atoms with van der Waals surface area (Å²) in [6, 6.07) is 4.47. The number of benzene rings is 1. The number of carboxylic acids is 1. The molecule has 0 bridgehead atoms. The van der Waals surface area contributed by atoms with Crippen molar-refractivity contribution >= 4 is 36.7 Å². The van der Waals surface area contributed by atoms with Crippen molar-refractivity contribution < 1.29 is 19.4 Å². The molecule has 0 fully saturated rings. The zero-order valence-electron chi connectivity index (χ0n) is 8.75. The van der Waals surface area contributed by atoms with E-state index in [2.05, 4.69) is 17.9 Å². The third-order valence-corrected chi connectivity index (χ3v) is 2.56. The first kappa shape index (κ1) is 13.8. The fourth-order valence-electron chi connectivity index (χ4n) is 1.37. The Kier molecular flexibility index (Phi) is 4.77. The molecule has 0 saturated carbocycles. The van der Waals surface area contributed by atoms with Gasteiger partial charge in [-0.2, -0.15) is 12.6 Å². The fraction of sp³-hybridized carbons (Fsp3) is 0.300. The van der Waals surface area contributed by atoms with Crippen LogP contribution < -0.4 is 14.8 Å². The van der Waals surface area contributed by atoms with Crippen molar-refractivity contribution in [3.63, 3.8) is 0 Å². The summed E-state index contributed by atoms with van der Waals surface area (Å²) >= 11 is 3.97. The summed E-state index contributed by atoms with van der Waals surface area (Å²) < 4.78 is 10.3. The lowest BCUT2D eigenvalue weighted by Crippen LogP contribution is -2.30. The number of rotatable bonds is 4. The molecule has 1 aliphatic rings. The summed E-state index contributed by atoms with van der Waals surface area (Å²) in [5.41, 5.74) is 0.672. The third-order valence-electron chi connectivity index (χ3n) is 2.19. The van der Waals surface area contributed by atoms with E-state index in [0.717, 1.165) is 0 Å². The van der Waals surface area contributed by atoms with Crippen LogP contribution in [0.1, 0.15) is 0 Å². The molecule has 0 unspecified atom stereocenters. The Labute approximate surface area is 110 Å². The molecule has 1 aromatic rings. The van der Waals surface area contributed by atoms with Crippen molar-refractivity contribution in [1.82, 2.24) is 0 Å². The van der Waals surface area contributed by atoms with Crippen molar-refractivity contribution in [2.45, 2.75) is 6.04 Å². The molecule has 2 rings (SSSR count). The minimum Gasteiger partial charge on any atom is -0.480 e. The van der Waals surface area contributed by atoms with Crippen LogP contribution in [0.15, 0.2) is 18.2 Å². The van der Waals surface area contributed by atoms with E-state index in [1.165, 1.54) is 0 Å². The predicted octanol–water partition coefficient (Wildman–Crippen LogP) is 1.63. The van der Waals surface area contributed by atoms with Gasteiger partial charge in [0.15, 0.2) is 11.5 Å². The monoisotopic (exact) mass is 277 g/mol. The molecule has 94 valence electrons. The van der Waals surface area contributed by atoms with Gasteiger partial charge in [0.05, 0.1) is 0 Å². The Balaban J connectivity index is 0.00000144. The number of hydrogen-bond acceptors (Lipinski definition) is 5. The Morgan fingerprint density at radius 1 is 1.47 bits per heavy atom. The first-order chi connectivity index (χ1) is 7.70. The highest BCUT2D eigenvalue weighted by molar-refractivity contribution is 7.80. The molecule has 0 amide bonds. The molecule has 1 atom stereocenters. The van der Waals surface area contributed by atoms with E-state index in [1.54, 1.807) is 18.2 Å². The summed E-state index contributed by atoms with van der Waals surface area (Å²) in [6.07, 6.45) is 0. The number of anilines is 1. The number of aliphatic carboxylic acids is 1. The van der Waals surface area contributed by atoms with Gasteiger partial charge in [0.2, 0.25) is 6.79 Å². The first-order valence-electron chi connectivity index (χ1n) is 4.70. The molecular formula is C10H12ClNO4S. The molecule has 7 heteroatoms. The van der Waals surface area contributed by atoms with Gasteiger partial charge in [0, 0.05) is 17.5 Å². The number of thiol groups is 1. The second-order valence-corrected chi connectivity index (χ2v) is 3.65. The van der Waals surface area contributed by atoms with Gasteiger partial charge < -0.3 is 19.9 Å². The van der Waals surface area contributed by atoms with Gasteiger partial charge in [-0.25, -0.2) is 4.79 Å². The Morgan fingerprint density at radius 3 is 2.82 bits per heavy atom. The number of carbonyl (C=O) groups is 1. The normalized spacial score (nSPS) is 13.7. The zero-order chi connectivity index (χ0) is 11.5. The summed E-state index contributed by atoms with van der Waals surface area (Å²) in [5.74, 6) is 0.563. The van der Waals surface area contributed by atoms with Crippen LogP contribution in [0.3, 0.4) is 0 Å². The lowest BCUT2D eigenvalue weighted by molar-refractivity contribution is -0.137. The van der Waals surface area contributed by atoms with Crippen molar-refractivity contribution in [2.75, 3.05) is 17.9 Å². The van der Waals surface area contributed by atoms with E-state index in [1.807, 2.05) is 0 Å². The van der Waals surface area contributed by atoms with E-state index in [9.17, 15) is 4.79 Å². The number of halogens is 1. The maximum Gasteiger partial charge on any atom is 0.326 e. The maximum absolute atomic E-state index is 10.8. The number of hydrogen-bond donors (Lipinski definition) is 3. The Morgan fingerprint density at radius 2 is 2.18 bits per heavy atom. The van der Waals surface area contributed by atoms with Gasteiger partial charge in [-0.05, 0) is 12.1 Å². The largest absolute Gasteiger partial charge is 0.480 e. The molecule has 0 aromatic heterocycles. The lowest BCUT2D eigenvalue weighted by Gasteiger charge is -2.13. The minimum atomic E-state index is -0.937. The average Bonchev–Trinajstić information content (AvgIpc) is 2.72. The second-order valence-electron chi connectivity index (χ2n) is 3.29. The Bertz CT molecular complexity index is 415. The third kappa shape index (κ3) is 3.10. The van der Waals surface area contributed by atoms with Crippen LogP contribution in [-0.2, 0) is 4.79 Å². The first-order valence-corrected chi connectivity index (χ1v) is 5.34. The molecule has 1 aromatic carbocycles. The molecule has 0 saturated heterocycles. The fourth-order valence-corrected chi connectivity index (χ4v) is 1.62. The van der Waals surface area contributed by atoms with Crippen molar-refractivity contribution in [2.24, 2.45) is 0 Å². The predicted molar refractivity (Wildman–Crippen MR) is 68.7 cm³/mol. The van der Waals surface area contributed by atoms with Crippen molar-refractivity contribution in [3.8, 4) is 11.5 Å². The molecule has 0 radical (unpaired) electrons. The van der Waals surface area contributed by atoms with Crippen LogP contribution in [0.5, 0.6) is 11.5 Å². The Hall–Kier alpha value is -1.27. The van der Waals surface area contributed by atoms with Gasteiger partial charge in [-0.15, -0.1) is 12.4 Å². The number of fused-ring (bicyclic) bond motifs is 1. The van der Waals surface area contributed by atoms with Crippen LogP contribution in [0.25, 0.3) is 0 Å². The van der Waals surface area contributed by atoms with Crippen molar-refractivity contribution in [1.29, 1.82) is 0 Å². The van der Waals surface area contributed by atoms with E-state index in [4.69, 9.17) is 14.6 Å². The molecule has 17 heavy (non-hydrogen) atoms. The van der Waals surface area contributed by atoms with Crippen LogP contribution in [-0.4, -0.2) is 29.7 Å². The highest BCUT2D eigenvalue weighted by Crippen LogP contribution is 2.34. The van der Waals surface area contributed by atoms with E-state index >= 15 is 0 Å².